The highest BCUT2D eigenvalue weighted by molar-refractivity contribution is 7.80. The third kappa shape index (κ3) is 7.44. The van der Waals surface area contributed by atoms with Gasteiger partial charge in [0.1, 0.15) is 10.6 Å². The number of hydrogen-bond acceptors (Lipinski definition) is 8. The van der Waals surface area contributed by atoms with E-state index in [2.05, 4.69) is 15.4 Å². The van der Waals surface area contributed by atoms with Gasteiger partial charge >= 0.3 is 12.1 Å². The van der Waals surface area contributed by atoms with Crippen molar-refractivity contribution in [2.75, 3.05) is 18.2 Å². The first kappa shape index (κ1) is 22.1. The van der Waals surface area contributed by atoms with Gasteiger partial charge in [-0.3, -0.25) is 14.9 Å². The highest BCUT2D eigenvalue weighted by atomic mass is 32.1. The molecule has 0 saturated heterocycles. The first-order chi connectivity index (χ1) is 12.4. The lowest BCUT2D eigenvalue weighted by Crippen LogP contribution is -2.46. The number of thiocarbonyl (C=S) groups is 1. The Morgan fingerprint density at radius 3 is 2.52 bits per heavy atom. The molecule has 1 amide bonds. The lowest BCUT2D eigenvalue weighted by Gasteiger charge is -2.24. The van der Waals surface area contributed by atoms with Crippen LogP contribution in [0.25, 0.3) is 0 Å². The fraction of sp³-hybridized carbons (Fsp3) is 0.438. The number of nitrogens with two attached hydrogens (primary N) is 1. The summed E-state index contributed by atoms with van der Waals surface area (Å²) in [6, 6.07) is 2.82. The summed E-state index contributed by atoms with van der Waals surface area (Å²) in [6.45, 7) is 5.05. The molecule has 0 aliphatic carbocycles. The Balaban J connectivity index is 2.99. The highest BCUT2D eigenvalue weighted by Crippen LogP contribution is 2.25. The first-order valence-corrected chi connectivity index (χ1v) is 8.25. The maximum absolute atomic E-state index is 12.0. The average Bonchev–Trinajstić information content (AvgIpc) is 2.53. The van der Waals surface area contributed by atoms with Gasteiger partial charge in [0.15, 0.2) is 0 Å². The number of carbonyl (C=O) groups is 2. The van der Waals surface area contributed by atoms with Crippen molar-refractivity contribution in [3.8, 4) is 0 Å². The number of nitrogens with one attached hydrogen (secondary N) is 2. The van der Waals surface area contributed by atoms with Crippen LogP contribution in [0.3, 0.4) is 0 Å². The predicted octanol–water partition coefficient (Wildman–Crippen LogP) is 2.37. The molecule has 0 bridgehead atoms. The van der Waals surface area contributed by atoms with Crippen molar-refractivity contribution in [3.63, 3.8) is 0 Å². The van der Waals surface area contributed by atoms with Crippen LogP contribution in [0.1, 0.15) is 27.2 Å². The average molecular weight is 398 g/mol. The third-order valence-corrected chi connectivity index (χ3v) is 3.50. The van der Waals surface area contributed by atoms with E-state index in [0.717, 1.165) is 0 Å². The van der Waals surface area contributed by atoms with E-state index in [1.807, 2.05) is 0 Å². The number of carbonyl (C=O) groups excluding carboxylic acids is 2. The minimum atomic E-state index is -0.971. The number of amides is 1. The molecule has 0 aliphatic heterocycles. The molecule has 0 saturated carbocycles. The summed E-state index contributed by atoms with van der Waals surface area (Å²) < 4.78 is 9.76. The molecule has 1 aromatic carbocycles. The summed E-state index contributed by atoms with van der Waals surface area (Å²) >= 11 is 5.24. The van der Waals surface area contributed by atoms with Gasteiger partial charge < -0.3 is 25.8 Å². The largest absolute Gasteiger partial charge is 0.469 e. The molecular formula is C16H22N4O6S. The minimum absolute atomic E-state index is 0.0125. The van der Waals surface area contributed by atoms with Crippen LogP contribution in [0.4, 0.5) is 21.9 Å². The molecule has 0 heterocycles. The fourth-order valence-electron chi connectivity index (χ4n) is 1.90. The molecule has 0 unspecified atom stereocenters. The van der Waals surface area contributed by atoms with Crippen LogP contribution in [0.5, 0.6) is 0 Å². The zero-order valence-corrected chi connectivity index (χ0v) is 16.2. The second kappa shape index (κ2) is 9.12. The summed E-state index contributed by atoms with van der Waals surface area (Å²) in [4.78, 5) is 34.0. The summed E-state index contributed by atoms with van der Waals surface area (Å²) in [5, 5.41) is 16.1. The Kier molecular flexibility index (Phi) is 7.46. The number of ether oxygens (including phenoxy) is 2. The van der Waals surface area contributed by atoms with Crippen LogP contribution in [-0.4, -0.2) is 40.7 Å². The summed E-state index contributed by atoms with van der Waals surface area (Å²) in [5.74, 6) is -0.618. The second-order valence-electron chi connectivity index (χ2n) is 6.50. The van der Waals surface area contributed by atoms with Crippen molar-refractivity contribution in [1.29, 1.82) is 0 Å². The van der Waals surface area contributed by atoms with Crippen LogP contribution in [0.2, 0.25) is 0 Å². The van der Waals surface area contributed by atoms with Crippen molar-refractivity contribution in [2.45, 2.75) is 38.8 Å². The van der Waals surface area contributed by atoms with Gasteiger partial charge in [0.2, 0.25) is 0 Å². The highest BCUT2D eigenvalue weighted by Gasteiger charge is 2.25. The number of rotatable bonds is 6. The Morgan fingerprint density at radius 1 is 1.37 bits per heavy atom. The molecule has 148 valence electrons. The zero-order chi connectivity index (χ0) is 20.8. The van der Waals surface area contributed by atoms with Crippen LogP contribution < -0.4 is 16.4 Å². The number of hydrogen-bond donors (Lipinski definition) is 3. The van der Waals surface area contributed by atoms with E-state index in [4.69, 9.17) is 22.7 Å². The molecule has 10 nitrogen and oxygen atoms in total. The number of esters is 1. The Morgan fingerprint density at radius 2 is 2.00 bits per heavy atom. The Bertz CT molecular complexity index is 747. The van der Waals surface area contributed by atoms with Crippen molar-refractivity contribution < 1.29 is 24.0 Å². The molecule has 0 fully saturated rings. The number of nitrogens with zero attached hydrogens (tertiary/aromatic N) is 1. The maximum Gasteiger partial charge on any atom is 0.408 e. The first-order valence-electron chi connectivity index (χ1n) is 7.84. The van der Waals surface area contributed by atoms with Crippen LogP contribution in [-0.2, 0) is 14.3 Å². The fourth-order valence-corrected chi connectivity index (χ4v) is 2.15. The van der Waals surface area contributed by atoms with E-state index >= 15 is 0 Å². The summed E-state index contributed by atoms with van der Waals surface area (Å²) in [5.41, 5.74) is 5.24. The van der Waals surface area contributed by atoms with Crippen LogP contribution >= 0.6 is 12.2 Å². The monoisotopic (exact) mass is 398 g/mol. The molecule has 1 atom stereocenters. The molecule has 0 aliphatic rings. The molecule has 0 aromatic heterocycles. The van der Waals surface area contributed by atoms with Crippen molar-refractivity contribution >= 4 is 46.3 Å². The zero-order valence-electron chi connectivity index (χ0n) is 15.4. The number of non-ortho nitro benzene ring substituents is 1. The standard InChI is InChI=1S/C16H22N4O6S/c1-16(2,3)26-15(22)19-12(8-13(21)25-4)14(27)18-11-7-9(20(23)24)5-6-10(11)17/h5-7,12H,8,17H2,1-4H3,(H,18,27)(H,19,22)/t12-/m0/s1. The summed E-state index contributed by atoms with van der Waals surface area (Å²) in [7, 11) is 1.20. The molecule has 11 heteroatoms. The molecule has 1 aromatic rings. The SMILES string of the molecule is COC(=O)C[C@H](NC(=O)OC(C)(C)C)C(=S)Nc1cc([N+](=O)[O-])ccc1N. The van der Waals surface area contributed by atoms with Crippen molar-refractivity contribution in [2.24, 2.45) is 0 Å². The van der Waals surface area contributed by atoms with Gasteiger partial charge in [-0.2, -0.15) is 0 Å². The van der Waals surface area contributed by atoms with Crippen LogP contribution in [0, 0.1) is 10.1 Å². The molecule has 0 radical (unpaired) electrons. The normalized spacial score (nSPS) is 11.9. The lowest BCUT2D eigenvalue weighted by molar-refractivity contribution is -0.384. The molecule has 0 spiro atoms. The van der Waals surface area contributed by atoms with E-state index < -0.39 is 28.6 Å². The number of nitro benzene ring substituents is 1. The maximum atomic E-state index is 12.0. The summed E-state index contributed by atoms with van der Waals surface area (Å²) in [6.07, 6.45) is -1.05. The van der Waals surface area contributed by atoms with E-state index in [-0.39, 0.29) is 28.5 Å². The van der Waals surface area contributed by atoms with Crippen molar-refractivity contribution in [1.82, 2.24) is 5.32 Å². The number of nitro groups is 1. The van der Waals surface area contributed by atoms with Gasteiger partial charge in [-0.1, -0.05) is 12.2 Å². The topological polar surface area (TPSA) is 146 Å². The molecular weight excluding hydrogens is 376 g/mol. The minimum Gasteiger partial charge on any atom is -0.469 e. The Hall–Kier alpha value is -2.95. The molecule has 4 N–H and O–H groups in total. The third-order valence-electron chi connectivity index (χ3n) is 3.11. The molecule has 27 heavy (non-hydrogen) atoms. The van der Waals surface area contributed by atoms with Gasteiger partial charge in [-0.05, 0) is 26.8 Å². The predicted molar refractivity (Wildman–Crippen MR) is 104 cm³/mol. The number of methoxy groups -OCH3 is 1. The smallest absolute Gasteiger partial charge is 0.408 e. The quantitative estimate of drug-likeness (QED) is 0.216. The van der Waals surface area contributed by atoms with Crippen molar-refractivity contribution in [3.05, 3.63) is 28.3 Å². The van der Waals surface area contributed by atoms with E-state index in [1.165, 1.54) is 25.3 Å². The number of benzene rings is 1. The molecule has 1 rings (SSSR count). The van der Waals surface area contributed by atoms with Gasteiger partial charge in [0, 0.05) is 12.1 Å². The number of alkyl carbamates (subject to hydrolysis) is 1. The van der Waals surface area contributed by atoms with Gasteiger partial charge in [-0.15, -0.1) is 0 Å². The van der Waals surface area contributed by atoms with Crippen LogP contribution in [0.15, 0.2) is 18.2 Å². The van der Waals surface area contributed by atoms with E-state index in [0.29, 0.717) is 0 Å². The number of anilines is 2. The lowest BCUT2D eigenvalue weighted by atomic mass is 10.2. The second-order valence-corrected chi connectivity index (χ2v) is 6.94. The van der Waals surface area contributed by atoms with Gasteiger partial charge in [0.05, 0.1) is 35.9 Å². The van der Waals surface area contributed by atoms with E-state index in [1.54, 1.807) is 20.8 Å². The Labute approximate surface area is 161 Å². The van der Waals surface area contributed by atoms with E-state index in [9.17, 15) is 19.7 Å². The van der Waals surface area contributed by atoms with Gasteiger partial charge in [0.25, 0.3) is 5.69 Å². The van der Waals surface area contributed by atoms with Gasteiger partial charge in [-0.25, -0.2) is 4.79 Å². The number of nitrogen functional groups attached to an aromatic ring is 1.